The Bertz CT molecular complexity index is 1300. The van der Waals surface area contributed by atoms with Gasteiger partial charge in [0.25, 0.3) is 7.82 Å². The first-order valence-electron chi connectivity index (χ1n) is 22.2. The van der Waals surface area contributed by atoms with Gasteiger partial charge < -0.3 is 28.8 Å². The summed E-state index contributed by atoms with van der Waals surface area (Å²) in [6.45, 7) is 4.22. The molecule has 0 rings (SSSR count). The molecule has 0 aliphatic carbocycles. The van der Waals surface area contributed by atoms with Crippen molar-refractivity contribution in [2.45, 2.75) is 154 Å². The van der Waals surface area contributed by atoms with Crippen molar-refractivity contribution in [3.63, 3.8) is 0 Å². The molecule has 3 unspecified atom stereocenters. The highest BCUT2D eigenvalue weighted by Gasteiger charge is 2.23. The monoisotopic (exact) mass is 827 g/mol. The van der Waals surface area contributed by atoms with E-state index in [-0.39, 0.29) is 12.5 Å². The largest absolute Gasteiger partial charge is 0.756 e. The number of carbonyl (C=O) groups excluding carboxylic acids is 1. The predicted octanol–water partition coefficient (Wildman–Crippen LogP) is 11.9. The van der Waals surface area contributed by atoms with E-state index in [1.807, 2.05) is 40.2 Å². The molecule has 0 aromatic rings. The quantitative estimate of drug-likeness (QED) is 0.0278. The van der Waals surface area contributed by atoms with Crippen LogP contribution in [-0.4, -0.2) is 68.5 Å². The van der Waals surface area contributed by atoms with Gasteiger partial charge in [-0.25, -0.2) is 0 Å². The summed E-state index contributed by atoms with van der Waals surface area (Å²) in [6.07, 6.45) is 57.4. The normalized spacial score (nSPS) is 15.4. The maximum Gasteiger partial charge on any atom is 0.268 e. The van der Waals surface area contributed by atoms with Gasteiger partial charge in [-0.1, -0.05) is 155 Å². The summed E-state index contributed by atoms with van der Waals surface area (Å²) in [6, 6.07) is -0.919. The lowest BCUT2D eigenvalue weighted by Gasteiger charge is -2.29. The number of nitrogens with one attached hydrogen (secondary N) is 1. The summed E-state index contributed by atoms with van der Waals surface area (Å²) in [4.78, 5) is 25.2. The Labute approximate surface area is 355 Å². The van der Waals surface area contributed by atoms with Crippen LogP contribution in [0.25, 0.3) is 0 Å². The number of amides is 1. The van der Waals surface area contributed by atoms with Crippen molar-refractivity contribution in [3.8, 4) is 0 Å². The first-order valence-corrected chi connectivity index (χ1v) is 23.7. The van der Waals surface area contributed by atoms with Crippen LogP contribution in [0.5, 0.6) is 0 Å². The van der Waals surface area contributed by atoms with Crippen LogP contribution in [0.15, 0.2) is 109 Å². The molecule has 2 N–H and O–H groups in total. The van der Waals surface area contributed by atoms with Crippen LogP contribution in [-0.2, 0) is 18.4 Å². The minimum absolute atomic E-state index is 0.0175. The number of quaternary nitrogens is 1. The van der Waals surface area contributed by atoms with Gasteiger partial charge in [0.05, 0.1) is 39.9 Å². The summed E-state index contributed by atoms with van der Waals surface area (Å²) >= 11 is 0. The smallest absolute Gasteiger partial charge is 0.268 e. The molecule has 0 aliphatic heterocycles. The van der Waals surface area contributed by atoms with Crippen LogP contribution in [0, 0.1) is 0 Å². The standard InChI is InChI=1S/C49H83N2O6P/c1-6-8-10-12-14-16-17-18-19-20-21-22-23-24-25-26-27-28-29-30-31-32-33-35-37-39-41-43-49(53)50-47(46-57-58(54,55)56-45-44-51(3,4)5)48(52)42-40-38-36-34-15-13-11-9-7-2/h7-10,14-16,18-19,21-22,24-25,27-28,34,40,42,47-48,52H,6,11-13,17,20,23,26,29-33,35-39,41,43-46H2,1-5H3,(H-,50,53,54,55)/b9-7+,10-8-,16-14-,19-18-,22-21-,25-24-,28-27-,34-15+,42-40+. The molecular weight excluding hydrogens is 744 g/mol. The fourth-order valence-corrected chi connectivity index (χ4v) is 6.27. The number of phosphoric ester groups is 1. The number of rotatable bonds is 38. The number of aliphatic hydroxyl groups excluding tert-OH is 1. The second-order valence-corrected chi connectivity index (χ2v) is 17.1. The lowest BCUT2D eigenvalue weighted by atomic mass is 10.1. The second kappa shape index (κ2) is 39.6. The van der Waals surface area contributed by atoms with Crippen LogP contribution in [0.2, 0.25) is 0 Å². The van der Waals surface area contributed by atoms with Crippen LogP contribution in [0.4, 0.5) is 0 Å². The highest BCUT2D eigenvalue weighted by atomic mass is 31.2. The lowest BCUT2D eigenvalue weighted by molar-refractivity contribution is -0.870. The average molecular weight is 827 g/mol. The van der Waals surface area contributed by atoms with E-state index in [9.17, 15) is 19.4 Å². The Kier molecular flexibility index (Phi) is 37.7. The zero-order valence-corrected chi connectivity index (χ0v) is 38.1. The van der Waals surface area contributed by atoms with Crippen molar-refractivity contribution < 1.29 is 32.9 Å². The molecule has 0 fully saturated rings. The van der Waals surface area contributed by atoms with E-state index in [0.717, 1.165) is 96.3 Å². The topological polar surface area (TPSA) is 108 Å². The van der Waals surface area contributed by atoms with E-state index in [1.54, 1.807) is 6.08 Å². The number of carbonyl (C=O) groups is 1. The molecular formula is C49H83N2O6P. The Morgan fingerprint density at radius 3 is 1.60 bits per heavy atom. The van der Waals surface area contributed by atoms with E-state index in [1.165, 1.54) is 25.7 Å². The molecule has 0 heterocycles. The zero-order valence-electron chi connectivity index (χ0n) is 37.2. The third kappa shape index (κ3) is 41.3. The summed E-state index contributed by atoms with van der Waals surface area (Å²) < 4.78 is 23.1. The van der Waals surface area contributed by atoms with Crippen LogP contribution in [0.1, 0.15) is 142 Å². The maximum absolute atomic E-state index is 12.8. The summed E-state index contributed by atoms with van der Waals surface area (Å²) in [5, 5.41) is 13.7. The molecule has 0 spiro atoms. The second-order valence-electron chi connectivity index (χ2n) is 15.7. The van der Waals surface area contributed by atoms with Gasteiger partial charge in [0, 0.05) is 6.42 Å². The molecule has 9 heteroatoms. The van der Waals surface area contributed by atoms with Gasteiger partial charge in [-0.05, 0) is 90.4 Å². The fraction of sp³-hybridized carbons (Fsp3) is 0.612. The highest BCUT2D eigenvalue weighted by Crippen LogP contribution is 2.38. The molecule has 8 nitrogen and oxygen atoms in total. The molecule has 0 saturated carbocycles. The number of aliphatic hydroxyl groups is 1. The van der Waals surface area contributed by atoms with E-state index in [2.05, 4.69) is 103 Å². The minimum atomic E-state index is -4.60. The van der Waals surface area contributed by atoms with Gasteiger partial charge in [0.2, 0.25) is 5.91 Å². The Hall–Kier alpha value is -2.84. The zero-order chi connectivity index (χ0) is 42.8. The third-order valence-corrected chi connectivity index (χ3v) is 10.0. The SMILES string of the molecule is C/C=C/CC/C=C/CC/C=C/C(O)C(COP(=O)([O-])OCC[N+](C)(C)C)NC(=O)CCCCCCCCCC/C=C\C/C=C\C/C=C\C/C=C\C/C=C\C/C=C\CC. The minimum Gasteiger partial charge on any atom is -0.756 e. The number of likely N-dealkylation sites (N-methyl/N-ethyl adjacent to an activating group) is 1. The van der Waals surface area contributed by atoms with Crippen molar-refractivity contribution in [2.24, 2.45) is 0 Å². The van der Waals surface area contributed by atoms with Gasteiger partial charge in [0.1, 0.15) is 13.2 Å². The molecule has 0 aromatic carbocycles. The highest BCUT2D eigenvalue weighted by molar-refractivity contribution is 7.45. The van der Waals surface area contributed by atoms with Gasteiger partial charge >= 0.3 is 0 Å². The molecule has 3 atom stereocenters. The lowest BCUT2D eigenvalue weighted by Crippen LogP contribution is -2.45. The van der Waals surface area contributed by atoms with E-state index >= 15 is 0 Å². The van der Waals surface area contributed by atoms with Crippen LogP contribution >= 0.6 is 7.82 Å². The van der Waals surface area contributed by atoms with Crippen LogP contribution in [0.3, 0.4) is 0 Å². The molecule has 58 heavy (non-hydrogen) atoms. The number of allylic oxidation sites excluding steroid dienone is 17. The summed E-state index contributed by atoms with van der Waals surface area (Å²) in [5.74, 6) is -0.230. The van der Waals surface area contributed by atoms with Gasteiger partial charge in [-0.3, -0.25) is 9.36 Å². The number of unbranched alkanes of at least 4 members (excludes halogenated alkanes) is 10. The number of hydrogen-bond donors (Lipinski definition) is 2. The average Bonchev–Trinajstić information content (AvgIpc) is 3.17. The number of phosphoric acid groups is 1. The number of nitrogens with zero attached hydrogens (tertiary/aromatic N) is 1. The first-order chi connectivity index (χ1) is 28.0. The Balaban J connectivity index is 4.27. The van der Waals surface area contributed by atoms with Crippen molar-refractivity contribution in [2.75, 3.05) is 40.9 Å². The number of hydrogen-bond acceptors (Lipinski definition) is 6. The van der Waals surface area contributed by atoms with E-state index < -0.39 is 26.6 Å². The molecule has 330 valence electrons. The Morgan fingerprint density at radius 1 is 0.638 bits per heavy atom. The molecule has 0 bridgehead atoms. The molecule has 0 saturated heterocycles. The van der Waals surface area contributed by atoms with Gasteiger partial charge in [-0.15, -0.1) is 0 Å². The van der Waals surface area contributed by atoms with Crippen LogP contribution < -0.4 is 10.2 Å². The van der Waals surface area contributed by atoms with Gasteiger partial charge in [-0.2, -0.15) is 0 Å². The molecule has 0 aliphatic rings. The van der Waals surface area contributed by atoms with E-state index in [4.69, 9.17) is 9.05 Å². The van der Waals surface area contributed by atoms with E-state index in [0.29, 0.717) is 17.4 Å². The van der Waals surface area contributed by atoms with Crippen molar-refractivity contribution >= 4 is 13.7 Å². The van der Waals surface area contributed by atoms with Crippen molar-refractivity contribution in [3.05, 3.63) is 109 Å². The predicted molar refractivity (Wildman–Crippen MR) is 246 cm³/mol. The summed E-state index contributed by atoms with van der Waals surface area (Å²) in [5.41, 5.74) is 0. The maximum atomic E-state index is 12.8. The fourth-order valence-electron chi connectivity index (χ4n) is 5.54. The third-order valence-electron chi connectivity index (χ3n) is 9.04. The molecule has 1 amide bonds. The van der Waals surface area contributed by atoms with Gasteiger partial charge in [0.15, 0.2) is 0 Å². The Morgan fingerprint density at radius 2 is 1.09 bits per heavy atom. The van der Waals surface area contributed by atoms with Crippen molar-refractivity contribution in [1.82, 2.24) is 5.32 Å². The van der Waals surface area contributed by atoms with Crippen molar-refractivity contribution in [1.29, 1.82) is 0 Å². The molecule has 0 radical (unpaired) electrons. The first kappa shape index (κ1) is 55.2. The summed E-state index contributed by atoms with van der Waals surface area (Å²) in [7, 11) is 1.20. The molecule has 0 aromatic heterocycles.